The van der Waals surface area contributed by atoms with Crippen LogP contribution in [0.1, 0.15) is 79.1 Å². The van der Waals surface area contributed by atoms with Crippen LogP contribution in [0.25, 0.3) is 0 Å². The number of hydrogen-bond acceptors (Lipinski definition) is 15. The molecule has 0 bridgehead atoms. The number of methoxy groups -OCH3 is 2. The largest absolute Gasteiger partial charge is 0.469 e. The fraction of sp³-hybridized carbons (Fsp3) is 0.800. The highest BCUT2D eigenvalue weighted by molar-refractivity contribution is 7.52. The van der Waals surface area contributed by atoms with E-state index in [9.17, 15) is 42.5 Å². The SMILES string of the molecule is CCCOC(=O)CCC(CP(=O)(O)O)C(=O)OCCC.CCOC(=O)CCC(CP(=O)(O)O)C(=O)OCC.COC(=O)CCC(CP(=O)(O)O)C(=O)OC. The minimum absolute atomic E-state index is 0.00275. The molecular weight excluding hydrogens is 789 g/mol. The smallest absolute Gasteiger partial charge is 0.326 e. The Labute approximate surface area is 314 Å². The van der Waals surface area contributed by atoms with Crippen LogP contribution in [0.4, 0.5) is 0 Å². The molecule has 0 heterocycles. The fourth-order valence-corrected chi connectivity index (χ4v) is 6.68. The molecule has 0 aromatic rings. The van der Waals surface area contributed by atoms with Gasteiger partial charge in [-0.3, -0.25) is 42.5 Å². The molecule has 21 nitrogen and oxygen atoms in total. The van der Waals surface area contributed by atoms with E-state index < -0.39 is 94.8 Å². The Hall–Kier alpha value is -2.73. The summed E-state index contributed by atoms with van der Waals surface area (Å²) in [7, 11) is -10.7. The Balaban J connectivity index is -0.000000727. The molecule has 0 aromatic heterocycles. The zero-order valence-corrected chi connectivity index (χ0v) is 34.2. The Morgan fingerprint density at radius 1 is 0.463 bits per heavy atom. The molecular formula is C30H57O21P3. The maximum atomic E-state index is 11.7. The van der Waals surface area contributed by atoms with Crippen molar-refractivity contribution in [3.05, 3.63) is 0 Å². The summed E-state index contributed by atoms with van der Waals surface area (Å²) in [5.41, 5.74) is 0. The Morgan fingerprint density at radius 2 is 0.796 bits per heavy atom. The van der Waals surface area contributed by atoms with Gasteiger partial charge in [-0.15, -0.1) is 0 Å². The third-order valence-corrected chi connectivity index (χ3v) is 9.15. The van der Waals surface area contributed by atoms with Crippen LogP contribution in [0.5, 0.6) is 0 Å². The van der Waals surface area contributed by atoms with Gasteiger partial charge in [0.1, 0.15) is 0 Å². The van der Waals surface area contributed by atoms with Crippen LogP contribution in [0.3, 0.4) is 0 Å². The van der Waals surface area contributed by atoms with Crippen LogP contribution in [0.2, 0.25) is 0 Å². The second kappa shape index (κ2) is 30.5. The molecule has 0 fully saturated rings. The molecule has 0 aliphatic rings. The van der Waals surface area contributed by atoms with Crippen LogP contribution in [0, 0.1) is 17.8 Å². The van der Waals surface area contributed by atoms with Gasteiger partial charge in [0.05, 0.1) is 76.9 Å². The van der Waals surface area contributed by atoms with Crippen molar-refractivity contribution >= 4 is 58.6 Å². The summed E-state index contributed by atoms with van der Waals surface area (Å²) in [5.74, 6) is -6.63. The lowest BCUT2D eigenvalue weighted by molar-refractivity contribution is -0.150. The minimum Gasteiger partial charge on any atom is -0.469 e. The van der Waals surface area contributed by atoms with Gasteiger partial charge in [-0.2, -0.15) is 0 Å². The van der Waals surface area contributed by atoms with Gasteiger partial charge in [-0.25, -0.2) is 0 Å². The first-order valence-electron chi connectivity index (χ1n) is 16.8. The van der Waals surface area contributed by atoms with Crippen LogP contribution < -0.4 is 0 Å². The fourth-order valence-electron chi connectivity index (χ4n) is 3.96. The predicted octanol–water partition coefficient (Wildman–Crippen LogP) is 2.06. The number of rotatable bonds is 24. The zero-order chi connectivity index (χ0) is 42.5. The van der Waals surface area contributed by atoms with Crippen LogP contribution >= 0.6 is 22.8 Å². The van der Waals surface area contributed by atoms with Gasteiger partial charge in [-0.1, -0.05) is 13.8 Å². The number of hydrogen-bond donors (Lipinski definition) is 6. The van der Waals surface area contributed by atoms with Crippen LogP contribution in [-0.2, 0) is 70.9 Å². The minimum atomic E-state index is -4.34. The number of esters is 6. The van der Waals surface area contributed by atoms with Crippen molar-refractivity contribution in [2.75, 3.05) is 59.1 Å². The van der Waals surface area contributed by atoms with E-state index in [4.69, 9.17) is 43.6 Å². The molecule has 54 heavy (non-hydrogen) atoms. The summed E-state index contributed by atoms with van der Waals surface area (Å²) in [4.78, 5) is 121. The van der Waals surface area contributed by atoms with Crippen molar-refractivity contribution in [3.8, 4) is 0 Å². The van der Waals surface area contributed by atoms with E-state index in [1.165, 1.54) is 7.11 Å². The first-order chi connectivity index (χ1) is 24.9. The van der Waals surface area contributed by atoms with Crippen molar-refractivity contribution in [2.24, 2.45) is 17.8 Å². The van der Waals surface area contributed by atoms with E-state index in [-0.39, 0.29) is 58.3 Å². The molecule has 24 heteroatoms. The second-order valence-electron chi connectivity index (χ2n) is 11.3. The molecule has 3 atom stereocenters. The van der Waals surface area contributed by atoms with E-state index in [0.717, 1.165) is 7.11 Å². The topological polar surface area (TPSA) is 330 Å². The Bertz CT molecular complexity index is 1270. The normalized spacial score (nSPS) is 12.9. The molecule has 0 amide bonds. The summed E-state index contributed by atoms with van der Waals surface area (Å²) in [6, 6.07) is 0. The van der Waals surface area contributed by atoms with E-state index in [1.54, 1.807) is 13.8 Å². The molecule has 0 spiro atoms. The van der Waals surface area contributed by atoms with Gasteiger partial charge in [-0.05, 0) is 46.0 Å². The summed E-state index contributed by atoms with van der Waals surface area (Å²) in [6.45, 7) is 7.74. The van der Waals surface area contributed by atoms with Crippen molar-refractivity contribution in [1.82, 2.24) is 0 Å². The molecule has 0 aliphatic carbocycles. The molecule has 6 N–H and O–H groups in total. The molecule has 0 saturated carbocycles. The van der Waals surface area contributed by atoms with Gasteiger partial charge in [0.15, 0.2) is 0 Å². The van der Waals surface area contributed by atoms with E-state index >= 15 is 0 Å². The zero-order valence-electron chi connectivity index (χ0n) is 31.5. The monoisotopic (exact) mass is 846 g/mol. The molecule has 0 aromatic carbocycles. The van der Waals surface area contributed by atoms with Gasteiger partial charge in [0.25, 0.3) is 0 Å². The van der Waals surface area contributed by atoms with Gasteiger partial charge < -0.3 is 57.8 Å². The summed E-state index contributed by atoms with van der Waals surface area (Å²) in [5, 5.41) is 0. The van der Waals surface area contributed by atoms with E-state index in [0.29, 0.717) is 19.4 Å². The lowest BCUT2D eigenvalue weighted by Crippen LogP contribution is -2.23. The maximum absolute atomic E-state index is 11.7. The summed E-state index contributed by atoms with van der Waals surface area (Å²) >= 11 is 0. The van der Waals surface area contributed by atoms with Gasteiger partial charge in [0, 0.05) is 19.3 Å². The number of ether oxygens (including phenoxy) is 6. The average molecular weight is 847 g/mol. The summed E-state index contributed by atoms with van der Waals surface area (Å²) < 4.78 is 60.5. The molecule has 3 unspecified atom stereocenters. The highest BCUT2D eigenvalue weighted by Gasteiger charge is 2.31. The van der Waals surface area contributed by atoms with Crippen molar-refractivity contribution < 1.29 is 100 Å². The highest BCUT2D eigenvalue weighted by Crippen LogP contribution is 2.40. The third kappa shape index (κ3) is 35.0. The Kier molecular flexibility index (Phi) is 31.4. The molecule has 0 saturated heterocycles. The molecule has 0 radical (unpaired) electrons. The molecule has 318 valence electrons. The lowest BCUT2D eigenvalue weighted by atomic mass is 10.1. The van der Waals surface area contributed by atoms with Crippen LogP contribution in [-0.4, -0.2) is 124 Å². The van der Waals surface area contributed by atoms with E-state index in [2.05, 4.69) is 14.2 Å². The third-order valence-electron chi connectivity index (χ3n) is 6.40. The first-order valence-corrected chi connectivity index (χ1v) is 22.2. The number of carbonyl (C=O) groups is 6. The summed E-state index contributed by atoms with van der Waals surface area (Å²) in [6.07, 6.45) is -0.773. The lowest BCUT2D eigenvalue weighted by Gasteiger charge is -2.16. The maximum Gasteiger partial charge on any atom is 0.326 e. The quantitative estimate of drug-likeness (QED) is 0.0460. The van der Waals surface area contributed by atoms with Crippen molar-refractivity contribution in [1.29, 1.82) is 0 Å². The highest BCUT2D eigenvalue weighted by atomic mass is 31.2. The average Bonchev–Trinajstić information content (AvgIpc) is 3.06. The number of carbonyl (C=O) groups excluding carboxylic acids is 6. The van der Waals surface area contributed by atoms with E-state index in [1.807, 2.05) is 13.8 Å². The first kappa shape index (κ1) is 55.6. The van der Waals surface area contributed by atoms with Crippen LogP contribution in [0.15, 0.2) is 0 Å². The van der Waals surface area contributed by atoms with Crippen molar-refractivity contribution in [3.63, 3.8) is 0 Å². The Morgan fingerprint density at radius 3 is 1.13 bits per heavy atom. The molecule has 0 aliphatic heterocycles. The van der Waals surface area contributed by atoms with Gasteiger partial charge in [0.2, 0.25) is 0 Å². The molecule has 0 rings (SSSR count). The van der Waals surface area contributed by atoms with Crippen molar-refractivity contribution in [2.45, 2.75) is 79.1 Å². The standard InChI is InChI=1S/C12H23O7P.C10H19O7P.C8H15O7P/c1-3-7-18-11(13)6-5-10(9-20(15,16)17)12(14)19-8-4-2;1-3-16-9(11)6-5-8(7-18(13,14)15)10(12)17-4-2;1-14-7(9)4-3-6(8(10)15-2)5-16(11,12)13/h10H,3-9H2,1-2H3,(H2,15,16,17);8H,3-7H2,1-2H3,(H2,13,14,15);6H,3-5H2,1-2H3,(H2,11,12,13). The van der Waals surface area contributed by atoms with Gasteiger partial charge >= 0.3 is 58.6 Å². The predicted molar refractivity (Wildman–Crippen MR) is 189 cm³/mol. The second-order valence-corrected chi connectivity index (χ2v) is 16.4.